The normalized spacial score (nSPS) is 11.7. The number of nitrogens with one attached hydrogen (secondary N) is 1. The first-order valence-electron chi connectivity index (χ1n) is 6.05. The Hall–Kier alpha value is -1.80. The van der Waals surface area contributed by atoms with E-state index in [9.17, 15) is 4.79 Å². The largest absolute Gasteiger partial charge is 0.480 e. The van der Waals surface area contributed by atoms with Crippen LogP contribution in [0.5, 0.6) is 0 Å². The molecule has 1 atom stereocenters. The molecule has 0 fully saturated rings. The minimum atomic E-state index is -0.952. The van der Waals surface area contributed by atoms with Gasteiger partial charge in [-0.3, -0.25) is 0 Å². The number of unbranched alkanes of at least 4 members (excludes halogenated alkanes) is 1. The number of carboxylic acid groups (broad SMARTS) is 1. The Morgan fingerprint density at radius 1 is 1.68 bits per heavy atom. The van der Waals surface area contributed by atoms with Gasteiger partial charge in [0, 0.05) is 6.20 Å². The van der Waals surface area contributed by atoms with E-state index in [1.54, 1.807) is 6.92 Å². The summed E-state index contributed by atoms with van der Waals surface area (Å²) in [7, 11) is 0. The van der Waals surface area contributed by atoms with Crippen molar-refractivity contribution in [3.63, 3.8) is 0 Å². The molecule has 1 aromatic heterocycles. The maximum absolute atomic E-state index is 11.2. The summed E-state index contributed by atoms with van der Waals surface area (Å²) in [4.78, 5) is 15.2. The third kappa shape index (κ3) is 3.83. The minimum absolute atomic E-state index is 0.271. The summed E-state index contributed by atoms with van der Waals surface area (Å²) in [6, 6.07) is 1.25. The number of pyridine rings is 1. The van der Waals surface area contributed by atoms with Crippen molar-refractivity contribution in [2.24, 2.45) is 0 Å². The van der Waals surface area contributed by atoms with Crippen molar-refractivity contribution in [1.29, 1.82) is 5.26 Å². The van der Waals surface area contributed by atoms with Gasteiger partial charge in [-0.25, -0.2) is 9.78 Å². The highest BCUT2D eigenvalue weighted by molar-refractivity contribution is 6.31. The summed E-state index contributed by atoms with van der Waals surface area (Å²) in [5, 5.41) is 21.5. The third-order valence-corrected chi connectivity index (χ3v) is 3.23. The summed E-state index contributed by atoms with van der Waals surface area (Å²) in [5.74, 6) is -0.681. The van der Waals surface area contributed by atoms with E-state index >= 15 is 0 Å². The first kappa shape index (κ1) is 15.3. The molecule has 102 valence electrons. The minimum Gasteiger partial charge on any atom is -0.480 e. The fraction of sp³-hybridized carbons (Fsp3) is 0.462. The topological polar surface area (TPSA) is 86.0 Å². The SMILES string of the molecule is CCCC[C@H](Nc1ncc(Cl)c(C)c1C#N)C(=O)O. The first-order chi connectivity index (χ1) is 9.01. The van der Waals surface area contributed by atoms with E-state index in [2.05, 4.69) is 10.3 Å². The van der Waals surface area contributed by atoms with Crippen molar-refractivity contribution in [2.75, 3.05) is 5.32 Å². The van der Waals surface area contributed by atoms with Gasteiger partial charge in [-0.2, -0.15) is 5.26 Å². The van der Waals surface area contributed by atoms with Crippen LogP contribution in [0.2, 0.25) is 5.02 Å². The van der Waals surface area contributed by atoms with Gasteiger partial charge in [-0.05, 0) is 18.9 Å². The molecule has 0 unspecified atom stereocenters. The molecule has 0 spiro atoms. The average Bonchev–Trinajstić information content (AvgIpc) is 2.38. The first-order valence-corrected chi connectivity index (χ1v) is 6.43. The number of aromatic nitrogens is 1. The molecule has 2 N–H and O–H groups in total. The molecule has 6 heteroatoms. The Bertz CT molecular complexity index is 511. The zero-order valence-electron chi connectivity index (χ0n) is 10.9. The molecule has 0 saturated carbocycles. The summed E-state index contributed by atoms with van der Waals surface area (Å²) >= 11 is 5.89. The van der Waals surface area contributed by atoms with Crippen molar-refractivity contribution in [3.05, 3.63) is 22.3 Å². The van der Waals surface area contributed by atoms with Crippen LogP contribution in [0, 0.1) is 18.3 Å². The number of aliphatic carboxylic acids is 1. The van der Waals surface area contributed by atoms with Gasteiger partial charge in [-0.15, -0.1) is 0 Å². The number of halogens is 1. The Morgan fingerprint density at radius 3 is 2.89 bits per heavy atom. The molecule has 0 aromatic carbocycles. The van der Waals surface area contributed by atoms with Crippen LogP contribution in [0.15, 0.2) is 6.20 Å². The Kier molecular flexibility index (Phi) is 5.58. The molecule has 0 aliphatic heterocycles. The molecule has 1 rings (SSSR count). The van der Waals surface area contributed by atoms with E-state index < -0.39 is 12.0 Å². The maximum Gasteiger partial charge on any atom is 0.326 e. The van der Waals surface area contributed by atoms with Crippen LogP contribution >= 0.6 is 11.6 Å². The molecule has 1 aromatic rings. The Balaban J connectivity index is 3.00. The van der Waals surface area contributed by atoms with Gasteiger partial charge in [0.15, 0.2) is 0 Å². The van der Waals surface area contributed by atoms with E-state index in [4.69, 9.17) is 22.0 Å². The standard InChI is InChI=1S/C13H16ClN3O2/c1-3-4-5-11(13(18)19)17-12-9(6-15)8(2)10(14)7-16-12/h7,11H,3-5H2,1-2H3,(H,16,17)(H,18,19)/t11-/m0/s1. The molecular formula is C13H16ClN3O2. The van der Waals surface area contributed by atoms with Crippen LogP contribution in [-0.2, 0) is 4.79 Å². The number of anilines is 1. The highest BCUT2D eigenvalue weighted by Crippen LogP contribution is 2.24. The monoisotopic (exact) mass is 281 g/mol. The molecular weight excluding hydrogens is 266 g/mol. The van der Waals surface area contributed by atoms with Crippen molar-refractivity contribution in [3.8, 4) is 6.07 Å². The lowest BCUT2D eigenvalue weighted by Crippen LogP contribution is -2.30. The Labute approximate surface area is 117 Å². The molecule has 19 heavy (non-hydrogen) atoms. The number of hydrogen-bond acceptors (Lipinski definition) is 4. The predicted octanol–water partition coefficient (Wildman–Crippen LogP) is 2.97. The average molecular weight is 282 g/mol. The van der Waals surface area contributed by atoms with E-state index in [0.717, 1.165) is 12.8 Å². The second kappa shape index (κ2) is 6.95. The van der Waals surface area contributed by atoms with Crippen LogP contribution in [0.1, 0.15) is 37.3 Å². The number of carbonyl (C=O) groups is 1. The van der Waals surface area contributed by atoms with Crippen molar-refractivity contribution in [1.82, 2.24) is 4.98 Å². The molecule has 1 heterocycles. The predicted molar refractivity (Wildman–Crippen MR) is 73.3 cm³/mol. The number of hydrogen-bond donors (Lipinski definition) is 2. The van der Waals surface area contributed by atoms with Gasteiger partial charge in [0.2, 0.25) is 0 Å². The lowest BCUT2D eigenvalue weighted by atomic mass is 10.1. The van der Waals surface area contributed by atoms with Crippen molar-refractivity contribution >= 4 is 23.4 Å². The highest BCUT2D eigenvalue weighted by Gasteiger charge is 2.20. The van der Waals surface area contributed by atoms with Crippen LogP contribution < -0.4 is 5.32 Å². The summed E-state index contributed by atoms with van der Waals surface area (Å²) in [5.41, 5.74) is 0.886. The lowest BCUT2D eigenvalue weighted by molar-refractivity contribution is -0.138. The van der Waals surface area contributed by atoms with E-state index in [-0.39, 0.29) is 11.4 Å². The lowest BCUT2D eigenvalue weighted by Gasteiger charge is -2.16. The second-order valence-electron chi connectivity index (χ2n) is 4.24. The van der Waals surface area contributed by atoms with Crippen LogP contribution in [0.4, 0.5) is 5.82 Å². The number of rotatable bonds is 6. The fourth-order valence-corrected chi connectivity index (χ4v) is 1.80. The number of nitriles is 1. The third-order valence-electron chi connectivity index (χ3n) is 2.84. The number of carboxylic acids is 1. The van der Waals surface area contributed by atoms with E-state index in [1.807, 2.05) is 13.0 Å². The van der Waals surface area contributed by atoms with Crippen LogP contribution in [0.3, 0.4) is 0 Å². The smallest absolute Gasteiger partial charge is 0.326 e. The zero-order chi connectivity index (χ0) is 14.4. The van der Waals surface area contributed by atoms with Crippen LogP contribution in [0.25, 0.3) is 0 Å². The zero-order valence-corrected chi connectivity index (χ0v) is 11.7. The van der Waals surface area contributed by atoms with E-state index in [0.29, 0.717) is 17.0 Å². The van der Waals surface area contributed by atoms with Gasteiger partial charge in [0.1, 0.15) is 17.9 Å². The molecule has 0 saturated heterocycles. The fourth-order valence-electron chi connectivity index (χ4n) is 1.66. The second-order valence-corrected chi connectivity index (χ2v) is 4.65. The maximum atomic E-state index is 11.2. The molecule has 0 aliphatic rings. The summed E-state index contributed by atoms with van der Waals surface area (Å²) in [6.45, 7) is 3.69. The Morgan fingerprint density at radius 2 is 2.37 bits per heavy atom. The van der Waals surface area contributed by atoms with Crippen molar-refractivity contribution in [2.45, 2.75) is 39.2 Å². The summed E-state index contributed by atoms with van der Waals surface area (Å²) in [6.07, 6.45) is 3.60. The van der Waals surface area contributed by atoms with Gasteiger partial charge >= 0.3 is 5.97 Å². The molecule has 0 amide bonds. The highest BCUT2D eigenvalue weighted by atomic mass is 35.5. The molecule has 0 aliphatic carbocycles. The van der Waals surface area contributed by atoms with Gasteiger partial charge < -0.3 is 10.4 Å². The van der Waals surface area contributed by atoms with Gasteiger partial charge in [-0.1, -0.05) is 31.4 Å². The molecule has 0 bridgehead atoms. The number of nitrogens with zero attached hydrogens (tertiary/aromatic N) is 2. The summed E-state index contributed by atoms with van der Waals surface area (Å²) < 4.78 is 0. The van der Waals surface area contributed by atoms with Crippen molar-refractivity contribution < 1.29 is 9.90 Å². The van der Waals surface area contributed by atoms with E-state index in [1.165, 1.54) is 6.20 Å². The van der Waals surface area contributed by atoms with Gasteiger partial charge in [0.05, 0.1) is 10.6 Å². The van der Waals surface area contributed by atoms with Gasteiger partial charge in [0.25, 0.3) is 0 Å². The quantitative estimate of drug-likeness (QED) is 0.837. The van der Waals surface area contributed by atoms with Crippen LogP contribution in [-0.4, -0.2) is 22.1 Å². The molecule has 5 nitrogen and oxygen atoms in total. The molecule has 0 radical (unpaired) electrons.